The fourth-order valence-corrected chi connectivity index (χ4v) is 1.86. The molecule has 1 saturated carbocycles. The van der Waals surface area contributed by atoms with Crippen molar-refractivity contribution in [3.8, 4) is 0 Å². The van der Waals surface area contributed by atoms with Crippen molar-refractivity contribution < 1.29 is 5.11 Å². The summed E-state index contributed by atoms with van der Waals surface area (Å²) >= 11 is 5.62. The van der Waals surface area contributed by atoms with Crippen molar-refractivity contribution in [1.82, 2.24) is 5.32 Å². The van der Waals surface area contributed by atoms with Crippen LogP contribution in [-0.4, -0.2) is 24.3 Å². The third-order valence-corrected chi connectivity index (χ3v) is 2.70. The molecule has 13 heavy (non-hydrogen) atoms. The summed E-state index contributed by atoms with van der Waals surface area (Å²) in [5.41, 5.74) is 0. The first kappa shape index (κ1) is 11.0. The second-order valence-electron chi connectivity index (χ2n) is 3.82. The minimum Gasteiger partial charge on any atom is -0.393 e. The van der Waals surface area contributed by atoms with Crippen molar-refractivity contribution in [2.45, 2.75) is 31.8 Å². The second-order valence-corrected chi connectivity index (χ2v) is 4.36. The topological polar surface area (TPSA) is 32.3 Å². The minimum absolute atomic E-state index is 0.0563. The zero-order valence-electron chi connectivity index (χ0n) is 7.93. The minimum atomic E-state index is -0.0563. The Hall–Kier alpha value is -0.0500. The lowest BCUT2D eigenvalue weighted by molar-refractivity contribution is 0.108. The number of aliphatic hydroxyl groups is 1. The molecule has 3 heteroatoms. The predicted octanol–water partition coefficient (Wildman–Crippen LogP) is 1.88. The molecule has 0 unspecified atom stereocenters. The molecular formula is C10H18ClNO. The van der Waals surface area contributed by atoms with E-state index in [-0.39, 0.29) is 6.10 Å². The van der Waals surface area contributed by atoms with Gasteiger partial charge in [-0.1, -0.05) is 18.2 Å². The van der Waals surface area contributed by atoms with Crippen LogP contribution >= 0.6 is 11.6 Å². The van der Waals surface area contributed by atoms with Gasteiger partial charge in [-0.05, 0) is 38.1 Å². The fourth-order valence-electron chi connectivity index (χ4n) is 1.76. The molecule has 1 fully saturated rings. The van der Waals surface area contributed by atoms with Gasteiger partial charge in [-0.25, -0.2) is 0 Å². The van der Waals surface area contributed by atoms with E-state index in [1.54, 1.807) is 0 Å². The van der Waals surface area contributed by atoms with E-state index in [4.69, 9.17) is 11.6 Å². The highest BCUT2D eigenvalue weighted by atomic mass is 35.5. The van der Waals surface area contributed by atoms with Crippen molar-refractivity contribution in [2.75, 3.05) is 13.1 Å². The van der Waals surface area contributed by atoms with Gasteiger partial charge in [0.25, 0.3) is 0 Å². The van der Waals surface area contributed by atoms with Crippen LogP contribution in [0, 0.1) is 5.92 Å². The van der Waals surface area contributed by atoms with Crippen molar-refractivity contribution in [3.05, 3.63) is 11.6 Å². The summed E-state index contributed by atoms with van der Waals surface area (Å²) in [6.45, 7) is 5.31. The average molecular weight is 204 g/mol. The van der Waals surface area contributed by atoms with Gasteiger partial charge in [0, 0.05) is 11.6 Å². The zero-order chi connectivity index (χ0) is 9.68. The summed E-state index contributed by atoms with van der Waals surface area (Å²) < 4.78 is 0. The van der Waals surface area contributed by atoms with Crippen LogP contribution in [0.2, 0.25) is 0 Å². The van der Waals surface area contributed by atoms with Gasteiger partial charge in [0.15, 0.2) is 0 Å². The molecule has 0 atom stereocenters. The van der Waals surface area contributed by atoms with Crippen LogP contribution in [0.1, 0.15) is 25.7 Å². The number of hydrogen-bond acceptors (Lipinski definition) is 2. The molecule has 0 spiro atoms. The van der Waals surface area contributed by atoms with Crippen LogP contribution in [0.15, 0.2) is 11.6 Å². The maximum Gasteiger partial charge on any atom is 0.0540 e. The number of halogens is 1. The standard InChI is InChI=1S/C10H18ClNO/c1-8(11)6-12-7-9-2-4-10(13)5-3-9/h9-10,12-13H,1-7H2. The van der Waals surface area contributed by atoms with E-state index in [1.165, 1.54) is 0 Å². The van der Waals surface area contributed by atoms with E-state index in [9.17, 15) is 5.11 Å². The van der Waals surface area contributed by atoms with Gasteiger partial charge in [0.1, 0.15) is 0 Å². The monoisotopic (exact) mass is 203 g/mol. The summed E-state index contributed by atoms with van der Waals surface area (Å²) in [5.74, 6) is 0.708. The summed E-state index contributed by atoms with van der Waals surface area (Å²) in [7, 11) is 0. The Kier molecular flexibility index (Phi) is 4.78. The lowest BCUT2D eigenvalue weighted by Crippen LogP contribution is -2.28. The van der Waals surface area contributed by atoms with Gasteiger partial charge in [-0.3, -0.25) is 0 Å². The molecule has 2 N–H and O–H groups in total. The molecule has 0 amide bonds. The Morgan fingerprint density at radius 1 is 1.38 bits per heavy atom. The van der Waals surface area contributed by atoms with E-state index in [0.29, 0.717) is 17.5 Å². The Morgan fingerprint density at radius 2 is 2.00 bits per heavy atom. The molecule has 76 valence electrons. The van der Waals surface area contributed by atoms with Crippen LogP contribution in [0.5, 0.6) is 0 Å². The van der Waals surface area contributed by atoms with Crippen LogP contribution in [-0.2, 0) is 0 Å². The van der Waals surface area contributed by atoms with Gasteiger partial charge in [-0.15, -0.1) is 0 Å². The molecule has 0 aromatic heterocycles. The van der Waals surface area contributed by atoms with Crippen molar-refractivity contribution in [1.29, 1.82) is 0 Å². The number of nitrogens with one attached hydrogen (secondary N) is 1. The van der Waals surface area contributed by atoms with Gasteiger partial charge < -0.3 is 10.4 Å². The molecule has 1 aliphatic rings. The van der Waals surface area contributed by atoms with Crippen LogP contribution in [0.25, 0.3) is 0 Å². The third-order valence-electron chi connectivity index (χ3n) is 2.57. The van der Waals surface area contributed by atoms with E-state index in [1.807, 2.05) is 0 Å². The highest BCUT2D eigenvalue weighted by molar-refractivity contribution is 6.29. The van der Waals surface area contributed by atoms with Gasteiger partial charge in [0.2, 0.25) is 0 Å². The van der Waals surface area contributed by atoms with Crippen molar-refractivity contribution in [2.24, 2.45) is 5.92 Å². The number of rotatable bonds is 4. The van der Waals surface area contributed by atoms with Crippen LogP contribution in [0.3, 0.4) is 0 Å². The van der Waals surface area contributed by atoms with E-state index in [0.717, 1.165) is 32.2 Å². The van der Waals surface area contributed by atoms with E-state index >= 15 is 0 Å². The van der Waals surface area contributed by atoms with Crippen LogP contribution < -0.4 is 5.32 Å². The Labute approximate surface area is 85.0 Å². The first-order chi connectivity index (χ1) is 6.18. The number of aliphatic hydroxyl groups excluding tert-OH is 1. The quantitative estimate of drug-likeness (QED) is 0.732. The number of hydrogen-bond donors (Lipinski definition) is 2. The Bertz CT molecular complexity index is 164. The SMILES string of the molecule is C=C(Cl)CNCC1CCC(O)CC1. The van der Waals surface area contributed by atoms with Gasteiger partial charge in [-0.2, -0.15) is 0 Å². The second kappa shape index (κ2) is 5.63. The molecule has 0 saturated heterocycles. The molecule has 0 heterocycles. The maximum absolute atomic E-state index is 9.28. The highest BCUT2D eigenvalue weighted by Crippen LogP contribution is 2.23. The largest absolute Gasteiger partial charge is 0.393 e. The molecule has 0 aliphatic heterocycles. The fraction of sp³-hybridized carbons (Fsp3) is 0.800. The first-order valence-electron chi connectivity index (χ1n) is 4.90. The Morgan fingerprint density at radius 3 is 2.54 bits per heavy atom. The molecular weight excluding hydrogens is 186 g/mol. The average Bonchev–Trinajstić information content (AvgIpc) is 2.08. The van der Waals surface area contributed by atoms with Crippen LogP contribution in [0.4, 0.5) is 0 Å². The smallest absolute Gasteiger partial charge is 0.0540 e. The lowest BCUT2D eigenvalue weighted by Gasteiger charge is -2.25. The molecule has 1 aliphatic carbocycles. The van der Waals surface area contributed by atoms with E-state index < -0.39 is 0 Å². The zero-order valence-corrected chi connectivity index (χ0v) is 8.69. The van der Waals surface area contributed by atoms with Crippen molar-refractivity contribution in [3.63, 3.8) is 0 Å². The third kappa shape index (κ3) is 4.65. The summed E-state index contributed by atoms with van der Waals surface area (Å²) in [4.78, 5) is 0. The molecule has 2 nitrogen and oxygen atoms in total. The van der Waals surface area contributed by atoms with Gasteiger partial charge >= 0.3 is 0 Å². The predicted molar refractivity (Wildman–Crippen MR) is 55.8 cm³/mol. The molecule has 0 aromatic rings. The van der Waals surface area contributed by atoms with Gasteiger partial charge in [0.05, 0.1) is 6.10 Å². The molecule has 0 bridgehead atoms. The molecule has 0 aromatic carbocycles. The first-order valence-corrected chi connectivity index (χ1v) is 5.28. The Balaban J connectivity index is 2.05. The summed E-state index contributed by atoms with van der Waals surface area (Å²) in [5, 5.41) is 13.2. The maximum atomic E-state index is 9.28. The summed E-state index contributed by atoms with van der Waals surface area (Å²) in [6, 6.07) is 0. The van der Waals surface area contributed by atoms with Crippen molar-refractivity contribution >= 4 is 11.6 Å². The normalized spacial score (nSPS) is 28.8. The summed E-state index contributed by atoms with van der Waals surface area (Å²) in [6.07, 6.45) is 4.10. The highest BCUT2D eigenvalue weighted by Gasteiger charge is 2.18. The lowest BCUT2D eigenvalue weighted by atomic mass is 9.87. The molecule has 0 radical (unpaired) electrons. The molecule has 1 rings (SSSR count). The van der Waals surface area contributed by atoms with E-state index in [2.05, 4.69) is 11.9 Å².